The summed E-state index contributed by atoms with van der Waals surface area (Å²) in [5, 5.41) is 13.3. The van der Waals surface area contributed by atoms with E-state index in [1.54, 1.807) is 18.7 Å². The first-order valence-electron chi connectivity index (χ1n) is 9.66. The third-order valence-corrected chi connectivity index (χ3v) is 5.22. The number of nitrogens with zero attached hydrogens (tertiary/aromatic N) is 2. The Morgan fingerprint density at radius 2 is 2.14 bits per heavy atom. The Bertz CT molecular complexity index is 905. The quantitative estimate of drug-likeness (QED) is 0.733. The van der Waals surface area contributed by atoms with Crippen LogP contribution in [0.2, 0.25) is 0 Å². The normalized spacial score (nSPS) is 18.5. The summed E-state index contributed by atoms with van der Waals surface area (Å²) in [6.07, 6.45) is 4.65. The summed E-state index contributed by atoms with van der Waals surface area (Å²) in [5.41, 5.74) is 6.74. The van der Waals surface area contributed by atoms with Gasteiger partial charge < -0.3 is 20.9 Å². The molecule has 1 saturated heterocycles. The molecule has 2 heterocycles. The van der Waals surface area contributed by atoms with E-state index in [9.17, 15) is 14.9 Å². The van der Waals surface area contributed by atoms with Gasteiger partial charge in [-0.1, -0.05) is 18.2 Å². The summed E-state index contributed by atoms with van der Waals surface area (Å²) in [6.45, 7) is 3.74. The number of rotatable bonds is 5. The molecular formula is C21H27N5O2. The third-order valence-electron chi connectivity index (χ3n) is 5.22. The molecule has 7 nitrogen and oxygen atoms in total. The number of likely N-dealkylation sites (tertiary alicyclic amines) is 1. The fraction of sp³-hybridized carbons (Fsp3) is 0.476. The molecule has 0 saturated carbocycles. The molecule has 0 bridgehead atoms. The molecule has 1 fully saturated rings. The van der Waals surface area contributed by atoms with Crippen LogP contribution in [-0.4, -0.2) is 45.9 Å². The second kappa shape index (κ2) is 8.03. The van der Waals surface area contributed by atoms with Crippen molar-refractivity contribution in [2.75, 3.05) is 6.54 Å². The smallest absolute Gasteiger partial charge is 0.246 e. The van der Waals surface area contributed by atoms with Crippen LogP contribution in [0.1, 0.15) is 38.7 Å². The molecule has 2 amide bonds. The van der Waals surface area contributed by atoms with Crippen molar-refractivity contribution in [1.82, 2.24) is 15.2 Å². The summed E-state index contributed by atoms with van der Waals surface area (Å²) in [4.78, 5) is 30.6. The summed E-state index contributed by atoms with van der Waals surface area (Å²) in [5.74, 6) is -0.620. The Balaban J connectivity index is 1.89. The van der Waals surface area contributed by atoms with Gasteiger partial charge in [-0.25, -0.2) is 0 Å². The molecule has 2 aromatic rings. The predicted molar refractivity (Wildman–Crippen MR) is 107 cm³/mol. The van der Waals surface area contributed by atoms with Crippen LogP contribution in [0, 0.1) is 11.3 Å². The van der Waals surface area contributed by atoms with E-state index in [0.717, 1.165) is 29.3 Å². The lowest BCUT2D eigenvalue weighted by Gasteiger charge is -2.35. The van der Waals surface area contributed by atoms with Gasteiger partial charge >= 0.3 is 0 Å². The summed E-state index contributed by atoms with van der Waals surface area (Å²) >= 11 is 0. The molecule has 1 aliphatic rings. The second-order valence-electron chi connectivity index (χ2n) is 7.98. The van der Waals surface area contributed by atoms with Gasteiger partial charge in [0.1, 0.15) is 12.1 Å². The fourth-order valence-electron chi connectivity index (χ4n) is 3.59. The number of hydrogen-bond acceptors (Lipinski definition) is 4. The standard InChI is InChI=1S/C21H27N5O2/c1-21(2,23)20(28)25-18(19(27)26-10-6-5-7-15(26)12-22)11-14-13-24-17-9-4-3-8-16(14)17/h3-4,8-9,13,15,18,24H,5-7,10-11,23H2,1-2H3,(H,25,28). The molecule has 148 valence electrons. The highest BCUT2D eigenvalue weighted by atomic mass is 16.2. The molecule has 1 aliphatic heterocycles. The Morgan fingerprint density at radius 1 is 1.39 bits per heavy atom. The number of nitriles is 1. The maximum Gasteiger partial charge on any atom is 0.246 e. The number of nitrogens with two attached hydrogens (primary N) is 1. The highest BCUT2D eigenvalue weighted by molar-refractivity contribution is 5.92. The van der Waals surface area contributed by atoms with E-state index in [1.165, 1.54) is 0 Å². The highest BCUT2D eigenvalue weighted by Crippen LogP contribution is 2.22. The molecule has 0 aliphatic carbocycles. The Kier molecular flexibility index (Phi) is 5.71. The lowest BCUT2D eigenvalue weighted by molar-refractivity contribution is -0.139. The fourth-order valence-corrected chi connectivity index (χ4v) is 3.59. The largest absolute Gasteiger partial charge is 0.361 e. The number of piperidine rings is 1. The molecule has 28 heavy (non-hydrogen) atoms. The Hall–Kier alpha value is -2.85. The van der Waals surface area contributed by atoms with Gasteiger partial charge in [0.05, 0.1) is 11.6 Å². The van der Waals surface area contributed by atoms with Gasteiger partial charge in [0.25, 0.3) is 0 Å². The van der Waals surface area contributed by atoms with Crippen molar-refractivity contribution in [3.63, 3.8) is 0 Å². The minimum Gasteiger partial charge on any atom is -0.361 e. The van der Waals surface area contributed by atoms with Crippen LogP contribution in [0.3, 0.4) is 0 Å². The molecule has 4 N–H and O–H groups in total. The number of nitrogens with one attached hydrogen (secondary N) is 2. The molecule has 0 radical (unpaired) electrons. The van der Waals surface area contributed by atoms with Crippen LogP contribution in [0.5, 0.6) is 0 Å². The number of carbonyl (C=O) groups is 2. The van der Waals surface area contributed by atoms with Crippen LogP contribution in [-0.2, 0) is 16.0 Å². The average Bonchev–Trinajstić information content (AvgIpc) is 3.09. The van der Waals surface area contributed by atoms with Crippen molar-refractivity contribution in [2.24, 2.45) is 5.73 Å². The van der Waals surface area contributed by atoms with Crippen LogP contribution in [0.4, 0.5) is 0 Å². The summed E-state index contributed by atoms with van der Waals surface area (Å²) in [6, 6.07) is 8.83. The summed E-state index contributed by atoms with van der Waals surface area (Å²) in [7, 11) is 0. The first kappa shape index (κ1) is 19.9. The van der Waals surface area contributed by atoms with Crippen LogP contribution < -0.4 is 11.1 Å². The van der Waals surface area contributed by atoms with Crippen LogP contribution >= 0.6 is 0 Å². The van der Waals surface area contributed by atoms with E-state index in [1.807, 2.05) is 30.5 Å². The molecule has 1 aromatic carbocycles. The molecule has 2 atom stereocenters. The van der Waals surface area contributed by atoms with Crippen molar-refractivity contribution >= 4 is 22.7 Å². The first-order chi connectivity index (χ1) is 13.3. The Labute approximate surface area is 164 Å². The zero-order valence-corrected chi connectivity index (χ0v) is 16.4. The number of aromatic amines is 1. The van der Waals surface area contributed by atoms with Gasteiger partial charge in [0, 0.05) is 30.1 Å². The zero-order chi connectivity index (χ0) is 20.3. The number of hydrogen-bond donors (Lipinski definition) is 3. The van der Waals surface area contributed by atoms with E-state index in [4.69, 9.17) is 5.73 Å². The molecule has 7 heteroatoms. The minimum absolute atomic E-state index is 0.228. The van der Waals surface area contributed by atoms with Crippen molar-refractivity contribution in [3.05, 3.63) is 36.0 Å². The number of para-hydroxylation sites is 1. The lowest BCUT2D eigenvalue weighted by Crippen LogP contribution is -2.58. The van der Waals surface area contributed by atoms with Crippen LogP contribution in [0.15, 0.2) is 30.5 Å². The number of H-pyrrole nitrogens is 1. The van der Waals surface area contributed by atoms with Gasteiger partial charge in [0.2, 0.25) is 11.8 Å². The number of benzene rings is 1. The number of amides is 2. The van der Waals surface area contributed by atoms with E-state index in [0.29, 0.717) is 19.4 Å². The predicted octanol–water partition coefficient (Wildman–Crippen LogP) is 1.84. The highest BCUT2D eigenvalue weighted by Gasteiger charge is 2.35. The maximum atomic E-state index is 13.3. The summed E-state index contributed by atoms with van der Waals surface area (Å²) < 4.78 is 0. The second-order valence-corrected chi connectivity index (χ2v) is 7.98. The number of fused-ring (bicyclic) bond motifs is 1. The van der Waals surface area contributed by atoms with Gasteiger partial charge in [-0.15, -0.1) is 0 Å². The minimum atomic E-state index is -1.10. The molecule has 2 unspecified atom stereocenters. The van der Waals surface area contributed by atoms with Gasteiger partial charge in [-0.2, -0.15) is 5.26 Å². The lowest BCUT2D eigenvalue weighted by atomic mass is 9.98. The van der Waals surface area contributed by atoms with Gasteiger partial charge in [-0.3, -0.25) is 9.59 Å². The van der Waals surface area contributed by atoms with Crippen molar-refractivity contribution in [3.8, 4) is 6.07 Å². The average molecular weight is 381 g/mol. The molecular weight excluding hydrogens is 354 g/mol. The number of aromatic nitrogens is 1. The van der Waals surface area contributed by atoms with Gasteiger partial charge in [0.15, 0.2) is 0 Å². The maximum absolute atomic E-state index is 13.3. The number of carbonyl (C=O) groups excluding carboxylic acids is 2. The van der Waals surface area contributed by atoms with E-state index in [2.05, 4.69) is 16.4 Å². The topological polar surface area (TPSA) is 115 Å². The SMILES string of the molecule is CC(C)(N)C(=O)NC(Cc1c[nH]c2ccccc12)C(=O)N1CCCCC1C#N. The first-order valence-corrected chi connectivity index (χ1v) is 9.66. The third kappa shape index (κ3) is 4.18. The van der Waals surface area contributed by atoms with Crippen molar-refractivity contribution in [2.45, 2.75) is 57.2 Å². The Morgan fingerprint density at radius 3 is 2.86 bits per heavy atom. The van der Waals surface area contributed by atoms with E-state index >= 15 is 0 Å². The van der Waals surface area contributed by atoms with Crippen molar-refractivity contribution in [1.29, 1.82) is 5.26 Å². The van der Waals surface area contributed by atoms with Gasteiger partial charge in [-0.05, 0) is 44.7 Å². The molecule has 3 rings (SSSR count). The monoisotopic (exact) mass is 381 g/mol. The zero-order valence-electron chi connectivity index (χ0n) is 16.4. The van der Waals surface area contributed by atoms with Crippen LogP contribution in [0.25, 0.3) is 10.9 Å². The van der Waals surface area contributed by atoms with E-state index in [-0.39, 0.29) is 5.91 Å². The molecule has 1 aromatic heterocycles. The van der Waals surface area contributed by atoms with E-state index < -0.39 is 23.5 Å². The van der Waals surface area contributed by atoms with Crippen molar-refractivity contribution < 1.29 is 9.59 Å². The molecule has 0 spiro atoms.